The van der Waals surface area contributed by atoms with Crippen LogP contribution in [0.25, 0.3) is 0 Å². The maximum absolute atomic E-state index is 12.1. The second-order valence-corrected chi connectivity index (χ2v) is 4.85. The lowest BCUT2D eigenvalue weighted by Crippen LogP contribution is -2.23. The number of halogens is 2. The van der Waals surface area contributed by atoms with Gasteiger partial charge in [-0.1, -0.05) is 23.2 Å². The molecule has 1 heterocycles. The lowest BCUT2D eigenvalue weighted by molar-refractivity contribution is -0.118. The third kappa shape index (κ3) is 3.00. The van der Waals surface area contributed by atoms with Gasteiger partial charge in [0.25, 0.3) is 0 Å². The Labute approximate surface area is 120 Å². The first-order chi connectivity index (χ1) is 8.99. The number of hydrogen-bond donors (Lipinski definition) is 2. The first-order valence-electron chi connectivity index (χ1n) is 5.52. The number of imidazole rings is 1. The molecule has 3 N–H and O–H groups in total. The monoisotopic (exact) mass is 298 g/mol. The number of benzene rings is 1. The molecule has 100 valence electrons. The number of aromatic nitrogens is 2. The van der Waals surface area contributed by atoms with Gasteiger partial charge in [0.15, 0.2) is 0 Å². The Hall–Kier alpha value is -1.72. The Morgan fingerprint density at radius 1 is 1.42 bits per heavy atom. The Balaban J connectivity index is 2.20. The predicted molar refractivity (Wildman–Crippen MR) is 76.4 cm³/mol. The van der Waals surface area contributed by atoms with Gasteiger partial charge in [0.2, 0.25) is 5.91 Å². The summed E-state index contributed by atoms with van der Waals surface area (Å²) in [5.74, 6) is -0.244. The van der Waals surface area contributed by atoms with Gasteiger partial charge in [-0.15, -0.1) is 0 Å². The fraction of sp³-hybridized carbons (Fsp3) is 0.167. The topological polar surface area (TPSA) is 72.9 Å². The van der Waals surface area contributed by atoms with Crippen molar-refractivity contribution in [1.82, 2.24) is 9.55 Å². The molecule has 0 aliphatic heterocycles. The summed E-state index contributed by atoms with van der Waals surface area (Å²) in [6.07, 6.45) is 4.87. The van der Waals surface area contributed by atoms with Gasteiger partial charge in [-0.05, 0) is 19.1 Å². The first kappa shape index (κ1) is 13.7. The second kappa shape index (κ2) is 5.50. The van der Waals surface area contributed by atoms with Crippen LogP contribution in [-0.2, 0) is 4.79 Å². The minimum absolute atomic E-state index is 0.244. The second-order valence-electron chi connectivity index (χ2n) is 4.03. The quantitative estimate of drug-likeness (QED) is 0.856. The van der Waals surface area contributed by atoms with Crippen molar-refractivity contribution < 1.29 is 4.79 Å². The van der Waals surface area contributed by atoms with Crippen molar-refractivity contribution in [3.63, 3.8) is 0 Å². The number of nitrogens with one attached hydrogen (secondary N) is 1. The van der Waals surface area contributed by atoms with Crippen LogP contribution in [-0.4, -0.2) is 15.5 Å². The molecule has 1 atom stereocenters. The lowest BCUT2D eigenvalue weighted by Gasteiger charge is -2.15. The van der Waals surface area contributed by atoms with Crippen LogP contribution in [0.2, 0.25) is 10.0 Å². The fourth-order valence-electron chi connectivity index (χ4n) is 1.57. The highest BCUT2D eigenvalue weighted by Gasteiger charge is 2.17. The predicted octanol–water partition coefficient (Wildman–Crippen LogP) is 2.97. The molecule has 2 rings (SSSR count). The van der Waals surface area contributed by atoms with Crippen LogP contribution in [0.1, 0.15) is 13.0 Å². The summed E-state index contributed by atoms with van der Waals surface area (Å²) < 4.78 is 1.68. The van der Waals surface area contributed by atoms with Crippen LogP contribution in [0.5, 0.6) is 0 Å². The van der Waals surface area contributed by atoms with E-state index in [2.05, 4.69) is 10.3 Å². The molecular weight excluding hydrogens is 287 g/mol. The van der Waals surface area contributed by atoms with Crippen LogP contribution in [0.4, 0.5) is 11.4 Å². The van der Waals surface area contributed by atoms with E-state index < -0.39 is 6.04 Å². The number of carbonyl (C=O) groups excluding carboxylic acids is 1. The highest BCUT2D eigenvalue weighted by Crippen LogP contribution is 2.33. The Bertz CT molecular complexity index is 575. The third-order valence-corrected chi connectivity index (χ3v) is 3.26. The van der Waals surface area contributed by atoms with Gasteiger partial charge in [0.1, 0.15) is 6.04 Å². The van der Waals surface area contributed by atoms with E-state index in [9.17, 15) is 4.79 Å². The van der Waals surface area contributed by atoms with E-state index in [0.29, 0.717) is 21.4 Å². The molecule has 1 aromatic heterocycles. The Morgan fingerprint density at radius 3 is 2.58 bits per heavy atom. The SMILES string of the molecule is CC(C(=O)Nc1c(Cl)cc(N)cc1Cl)n1ccnc1. The van der Waals surface area contributed by atoms with E-state index in [-0.39, 0.29) is 5.91 Å². The average molecular weight is 299 g/mol. The van der Waals surface area contributed by atoms with Crippen LogP contribution in [0.3, 0.4) is 0 Å². The lowest BCUT2D eigenvalue weighted by atomic mass is 10.2. The standard InChI is InChI=1S/C12H12Cl2N4O/c1-7(18-3-2-16-6-18)12(19)17-11-9(13)4-8(15)5-10(11)14/h2-7H,15H2,1H3,(H,17,19). The van der Waals surface area contributed by atoms with Crippen molar-refractivity contribution in [3.05, 3.63) is 40.9 Å². The van der Waals surface area contributed by atoms with Gasteiger partial charge >= 0.3 is 0 Å². The molecule has 0 aliphatic rings. The number of amides is 1. The van der Waals surface area contributed by atoms with Gasteiger partial charge < -0.3 is 15.6 Å². The first-order valence-corrected chi connectivity index (χ1v) is 6.27. The summed E-state index contributed by atoms with van der Waals surface area (Å²) in [4.78, 5) is 16.0. The zero-order valence-corrected chi connectivity index (χ0v) is 11.6. The van der Waals surface area contributed by atoms with Crippen LogP contribution in [0.15, 0.2) is 30.9 Å². The molecule has 0 saturated carbocycles. The van der Waals surface area contributed by atoms with E-state index >= 15 is 0 Å². The molecule has 5 nitrogen and oxygen atoms in total. The summed E-state index contributed by atoms with van der Waals surface area (Å²) in [7, 11) is 0. The van der Waals surface area contributed by atoms with Crippen molar-refractivity contribution >= 4 is 40.5 Å². The van der Waals surface area contributed by atoms with Crippen molar-refractivity contribution in [2.75, 3.05) is 11.1 Å². The van der Waals surface area contributed by atoms with Gasteiger partial charge in [-0.3, -0.25) is 4.79 Å². The minimum atomic E-state index is -0.424. The molecule has 0 aliphatic carbocycles. The molecule has 0 saturated heterocycles. The number of nitrogen functional groups attached to an aromatic ring is 1. The van der Waals surface area contributed by atoms with E-state index in [4.69, 9.17) is 28.9 Å². The minimum Gasteiger partial charge on any atom is -0.399 e. The normalized spacial score (nSPS) is 12.2. The van der Waals surface area contributed by atoms with Crippen LogP contribution < -0.4 is 11.1 Å². The van der Waals surface area contributed by atoms with E-state index in [0.717, 1.165) is 0 Å². The molecule has 0 fully saturated rings. The summed E-state index contributed by atoms with van der Waals surface area (Å²) in [5, 5.41) is 3.29. The number of hydrogen-bond acceptors (Lipinski definition) is 3. The Morgan fingerprint density at radius 2 is 2.05 bits per heavy atom. The molecule has 1 aromatic carbocycles. The van der Waals surface area contributed by atoms with Crippen molar-refractivity contribution in [3.8, 4) is 0 Å². The van der Waals surface area contributed by atoms with E-state index in [1.165, 1.54) is 12.1 Å². The maximum atomic E-state index is 12.1. The summed E-state index contributed by atoms with van der Waals surface area (Å²) >= 11 is 12.0. The smallest absolute Gasteiger partial charge is 0.247 e. The molecule has 0 radical (unpaired) electrons. The molecule has 7 heteroatoms. The largest absolute Gasteiger partial charge is 0.399 e. The third-order valence-electron chi connectivity index (χ3n) is 2.66. The van der Waals surface area contributed by atoms with Crippen molar-refractivity contribution in [1.29, 1.82) is 0 Å². The molecule has 1 unspecified atom stereocenters. The van der Waals surface area contributed by atoms with E-state index in [1.54, 1.807) is 30.2 Å². The summed E-state index contributed by atoms with van der Waals surface area (Å²) in [5.41, 5.74) is 6.40. The van der Waals surface area contributed by atoms with Gasteiger partial charge in [0, 0.05) is 18.1 Å². The van der Waals surface area contributed by atoms with Crippen molar-refractivity contribution in [2.24, 2.45) is 0 Å². The van der Waals surface area contributed by atoms with Crippen LogP contribution in [0, 0.1) is 0 Å². The molecule has 19 heavy (non-hydrogen) atoms. The molecule has 2 aromatic rings. The highest BCUT2D eigenvalue weighted by atomic mass is 35.5. The highest BCUT2D eigenvalue weighted by molar-refractivity contribution is 6.40. The molecule has 0 spiro atoms. The van der Waals surface area contributed by atoms with Gasteiger partial charge in [-0.25, -0.2) is 4.98 Å². The van der Waals surface area contributed by atoms with Gasteiger partial charge in [0.05, 0.1) is 22.1 Å². The molecular formula is C12H12Cl2N4O. The number of nitrogens with two attached hydrogens (primary N) is 1. The van der Waals surface area contributed by atoms with Gasteiger partial charge in [-0.2, -0.15) is 0 Å². The summed E-state index contributed by atoms with van der Waals surface area (Å²) in [6.45, 7) is 1.75. The zero-order chi connectivity index (χ0) is 14.0. The number of anilines is 2. The average Bonchev–Trinajstić information content (AvgIpc) is 2.86. The number of carbonyl (C=O) groups is 1. The summed E-state index contributed by atoms with van der Waals surface area (Å²) in [6, 6.07) is 2.64. The maximum Gasteiger partial charge on any atom is 0.247 e. The zero-order valence-electron chi connectivity index (χ0n) is 10.1. The number of nitrogens with zero attached hydrogens (tertiary/aromatic N) is 2. The van der Waals surface area contributed by atoms with Crippen molar-refractivity contribution in [2.45, 2.75) is 13.0 Å². The Kier molecular flexibility index (Phi) is 3.97. The van der Waals surface area contributed by atoms with Crippen LogP contribution >= 0.6 is 23.2 Å². The van der Waals surface area contributed by atoms with E-state index in [1.807, 2.05) is 0 Å². The number of rotatable bonds is 3. The molecule has 0 bridgehead atoms. The molecule has 1 amide bonds. The fourth-order valence-corrected chi connectivity index (χ4v) is 2.17.